The van der Waals surface area contributed by atoms with E-state index in [4.69, 9.17) is 4.74 Å². The molecule has 0 heterocycles. The lowest BCUT2D eigenvalue weighted by Gasteiger charge is -2.22. The van der Waals surface area contributed by atoms with Crippen molar-refractivity contribution in [1.29, 1.82) is 0 Å². The van der Waals surface area contributed by atoms with Crippen LogP contribution in [0.1, 0.15) is 38.1 Å². The van der Waals surface area contributed by atoms with E-state index in [1.165, 1.54) is 6.92 Å². The van der Waals surface area contributed by atoms with Gasteiger partial charge in [0.2, 0.25) is 0 Å². The van der Waals surface area contributed by atoms with Crippen molar-refractivity contribution in [3.8, 4) is 0 Å². The maximum absolute atomic E-state index is 13.4. The van der Waals surface area contributed by atoms with Gasteiger partial charge in [-0.1, -0.05) is 6.07 Å². The Bertz CT molecular complexity index is 503. The number of esters is 1. The zero-order valence-corrected chi connectivity index (χ0v) is 11.8. The second kappa shape index (κ2) is 5.98. The van der Waals surface area contributed by atoms with Crippen LogP contribution in [0.3, 0.4) is 0 Å². The number of hydrogen-bond acceptors (Lipinski definition) is 3. The zero-order chi connectivity index (χ0) is 15.5. The van der Waals surface area contributed by atoms with Crippen molar-refractivity contribution in [2.75, 3.05) is 0 Å². The summed E-state index contributed by atoms with van der Waals surface area (Å²) in [6, 6.07) is 2.08. The predicted octanol–water partition coefficient (Wildman–Crippen LogP) is 2.42. The van der Waals surface area contributed by atoms with Gasteiger partial charge in [-0.05, 0) is 39.8 Å². The van der Waals surface area contributed by atoms with Crippen molar-refractivity contribution in [3.63, 3.8) is 0 Å². The molecule has 0 unspecified atom stereocenters. The van der Waals surface area contributed by atoms with E-state index in [9.17, 15) is 18.4 Å². The molecule has 1 amide bonds. The normalized spacial score (nSPS) is 12.7. The highest BCUT2D eigenvalue weighted by molar-refractivity contribution is 5.97. The summed E-state index contributed by atoms with van der Waals surface area (Å²) in [5.74, 6) is -3.65. The highest BCUT2D eigenvalue weighted by atomic mass is 19.1. The quantitative estimate of drug-likeness (QED) is 0.868. The van der Waals surface area contributed by atoms with E-state index < -0.39 is 40.7 Å². The molecular formula is C14H17F2NO3. The molecular weight excluding hydrogens is 268 g/mol. The molecule has 1 rings (SSSR count). The lowest BCUT2D eigenvalue weighted by Crippen LogP contribution is -2.42. The number of carbonyl (C=O) groups is 2. The standard InChI is InChI=1S/C14H17F2NO3/c1-8(13(19)20-14(2,3)4)17-12(18)11-9(15)6-5-7-10(11)16/h5-8H,1-4H3,(H,17,18)/t8-/m0/s1. The van der Waals surface area contributed by atoms with Crippen molar-refractivity contribution in [1.82, 2.24) is 5.32 Å². The van der Waals surface area contributed by atoms with Crippen molar-refractivity contribution in [3.05, 3.63) is 35.4 Å². The predicted molar refractivity (Wildman–Crippen MR) is 69.1 cm³/mol. The van der Waals surface area contributed by atoms with Crippen LogP contribution in [-0.4, -0.2) is 23.5 Å². The Labute approximate surface area is 116 Å². The number of nitrogens with one attached hydrogen (secondary N) is 1. The molecule has 0 aliphatic carbocycles. The Morgan fingerprint density at radius 2 is 1.70 bits per heavy atom. The molecule has 0 radical (unpaired) electrons. The first-order valence-corrected chi connectivity index (χ1v) is 6.09. The summed E-state index contributed by atoms with van der Waals surface area (Å²) in [7, 11) is 0. The Balaban J connectivity index is 2.78. The van der Waals surface area contributed by atoms with Gasteiger partial charge in [0.15, 0.2) is 0 Å². The largest absolute Gasteiger partial charge is 0.458 e. The fraction of sp³-hybridized carbons (Fsp3) is 0.429. The van der Waals surface area contributed by atoms with Crippen molar-refractivity contribution in [2.45, 2.75) is 39.3 Å². The van der Waals surface area contributed by atoms with Gasteiger partial charge in [0.1, 0.15) is 28.8 Å². The molecule has 1 atom stereocenters. The summed E-state index contributed by atoms with van der Waals surface area (Å²) in [6.45, 7) is 6.41. The van der Waals surface area contributed by atoms with E-state index in [1.807, 2.05) is 0 Å². The van der Waals surface area contributed by atoms with E-state index in [0.717, 1.165) is 18.2 Å². The van der Waals surface area contributed by atoms with Crippen LogP contribution in [0, 0.1) is 11.6 Å². The number of amides is 1. The van der Waals surface area contributed by atoms with E-state index in [1.54, 1.807) is 20.8 Å². The Kier molecular flexibility index (Phi) is 4.81. The maximum atomic E-state index is 13.4. The van der Waals surface area contributed by atoms with Crippen LogP contribution < -0.4 is 5.32 Å². The summed E-state index contributed by atoms with van der Waals surface area (Å²) < 4.78 is 31.9. The minimum absolute atomic E-state index is 0.678. The summed E-state index contributed by atoms with van der Waals surface area (Å²) in [6.07, 6.45) is 0. The van der Waals surface area contributed by atoms with Gasteiger partial charge in [-0.25, -0.2) is 13.6 Å². The first kappa shape index (κ1) is 16.1. The molecule has 0 aliphatic rings. The Morgan fingerprint density at radius 1 is 1.20 bits per heavy atom. The highest BCUT2D eigenvalue weighted by Gasteiger charge is 2.25. The third kappa shape index (κ3) is 4.29. The van der Waals surface area contributed by atoms with Crippen molar-refractivity contribution in [2.24, 2.45) is 0 Å². The van der Waals surface area contributed by atoms with Gasteiger partial charge in [-0.2, -0.15) is 0 Å². The zero-order valence-electron chi connectivity index (χ0n) is 11.8. The minimum atomic E-state index is -1.01. The fourth-order valence-corrected chi connectivity index (χ4v) is 1.43. The van der Waals surface area contributed by atoms with Gasteiger partial charge in [0.25, 0.3) is 5.91 Å². The van der Waals surface area contributed by atoms with E-state index >= 15 is 0 Å². The second-order valence-corrected chi connectivity index (χ2v) is 5.33. The van der Waals surface area contributed by atoms with Crippen molar-refractivity contribution < 1.29 is 23.1 Å². The summed E-state index contributed by atoms with van der Waals surface area (Å²) in [5, 5.41) is 2.21. The van der Waals surface area contributed by atoms with E-state index in [-0.39, 0.29) is 0 Å². The number of hydrogen-bond donors (Lipinski definition) is 1. The Morgan fingerprint density at radius 3 is 2.15 bits per heavy atom. The average Bonchev–Trinajstić information content (AvgIpc) is 2.26. The average molecular weight is 285 g/mol. The molecule has 1 aromatic carbocycles. The number of rotatable bonds is 3. The van der Waals surface area contributed by atoms with Crippen molar-refractivity contribution >= 4 is 11.9 Å². The second-order valence-electron chi connectivity index (χ2n) is 5.33. The lowest BCUT2D eigenvalue weighted by molar-refractivity contribution is -0.156. The molecule has 1 N–H and O–H groups in total. The topological polar surface area (TPSA) is 55.4 Å². The van der Waals surface area contributed by atoms with Crippen LogP contribution in [0.4, 0.5) is 8.78 Å². The van der Waals surface area contributed by atoms with Crippen LogP contribution in [0.2, 0.25) is 0 Å². The van der Waals surface area contributed by atoms with Crippen LogP contribution >= 0.6 is 0 Å². The fourth-order valence-electron chi connectivity index (χ4n) is 1.43. The van der Waals surface area contributed by atoms with Gasteiger partial charge in [-0.3, -0.25) is 4.79 Å². The molecule has 4 nitrogen and oxygen atoms in total. The summed E-state index contributed by atoms with van der Waals surface area (Å²) >= 11 is 0. The van der Waals surface area contributed by atoms with Gasteiger partial charge < -0.3 is 10.1 Å². The molecule has 110 valence electrons. The monoisotopic (exact) mass is 285 g/mol. The molecule has 0 bridgehead atoms. The SMILES string of the molecule is C[C@H](NC(=O)c1c(F)cccc1F)C(=O)OC(C)(C)C. The molecule has 20 heavy (non-hydrogen) atoms. The maximum Gasteiger partial charge on any atom is 0.328 e. The molecule has 0 saturated heterocycles. The first-order valence-electron chi connectivity index (χ1n) is 6.09. The van der Waals surface area contributed by atoms with E-state index in [2.05, 4.69) is 5.32 Å². The first-order chi connectivity index (χ1) is 9.11. The smallest absolute Gasteiger partial charge is 0.328 e. The minimum Gasteiger partial charge on any atom is -0.458 e. The number of benzene rings is 1. The molecule has 6 heteroatoms. The van der Waals surface area contributed by atoms with E-state index in [0.29, 0.717) is 0 Å². The van der Waals surface area contributed by atoms with Gasteiger partial charge >= 0.3 is 5.97 Å². The van der Waals surface area contributed by atoms with Crippen LogP contribution in [0.5, 0.6) is 0 Å². The van der Waals surface area contributed by atoms with Crippen LogP contribution in [0.25, 0.3) is 0 Å². The third-order valence-corrected chi connectivity index (χ3v) is 2.30. The number of ether oxygens (including phenoxy) is 1. The number of halogens is 2. The van der Waals surface area contributed by atoms with Crippen LogP contribution in [0.15, 0.2) is 18.2 Å². The lowest BCUT2D eigenvalue weighted by atomic mass is 10.1. The van der Waals surface area contributed by atoms with Gasteiger partial charge in [0, 0.05) is 0 Å². The Hall–Kier alpha value is -1.98. The molecule has 0 saturated carbocycles. The molecule has 0 aliphatic heterocycles. The highest BCUT2D eigenvalue weighted by Crippen LogP contribution is 2.13. The molecule has 1 aromatic rings. The third-order valence-electron chi connectivity index (χ3n) is 2.30. The van der Waals surface area contributed by atoms with Crippen LogP contribution in [-0.2, 0) is 9.53 Å². The molecule has 0 spiro atoms. The van der Waals surface area contributed by atoms with Gasteiger partial charge in [-0.15, -0.1) is 0 Å². The summed E-state index contributed by atoms with van der Waals surface area (Å²) in [5.41, 5.74) is -1.43. The molecule has 0 aromatic heterocycles. The molecule has 0 fully saturated rings. The summed E-state index contributed by atoms with van der Waals surface area (Å²) in [4.78, 5) is 23.4. The van der Waals surface area contributed by atoms with Gasteiger partial charge in [0.05, 0.1) is 0 Å². The number of carbonyl (C=O) groups excluding carboxylic acids is 2.